The van der Waals surface area contributed by atoms with Crippen molar-refractivity contribution in [2.45, 2.75) is 57.5 Å². The zero-order chi connectivity index (χ0) is 19.5. The monoisotopic (exact) mass is 370 g/mol. The molecule has 2 heterocycles. The molecule has 1 aromatic carbocycles. The number of aryl methyl sites for hydroxylation is 2. The van der Waals surface area contributed by atoms with Crippen LogP contribution in [0.2, 0.25) is 0 Å². The zero-order valence-corrected chi connectivity index (χ0v) is 16.8. The number of nitrogens with one attached hydrogen (secondary N) is 1. The van der Waals surface area contributed by atoms with Gasteiger partial charge in [0.25, 0.3) is 0 Å². The summed E-state index contributed by atoms with van der Waals surface area (Å²) in [7, 11) is 1.91. The number of carbonyl (C=O) groups is 1. The maximum atomic E-state index is 12.8. The SMILES string of the molecule is Cc1ccccc1[C@]1(CC(=O)NCCc2nncn2C)CCOC(C)(C)C1. The van der Waals surface area contributed by atoms with Gasteiger partial charge in [-0.25, -0.2) is 0 Å². The predicted molar refractivity (Wildman–Crippen MR) is 104 cm³/mol. The van der Waals surface area contributed by atoms with E-state index in [4.69, 9.17) is 4.74 Å². The average molecular weight is 370 g/mol. The van der Waals surface area contributed by atoms with Gasteiger partial charge in [-0.2, -0.15) is 0 Å². The van der Waals surface area contributed by atoms with Gasteiger partial charge in [0.05, 0.1) is 5.60 Å². The van der Waals surface area contributed by atoms with Crippen LogP contribution in [0.1, 0.15) is 50.1 Å². The summed E-state index contributed by atoms with van der Waals surface area (Å²) < 4.78 is 7.83. The van der Waals surface area contributed by atoms with E-state index in [0.717, 1.165) is 18.7 Å². The summed E-state index contributed by atoms with van der Waals surface area (Å²) in [5.74, 6) is 0.953. The van der Waals surface area contributed by atoms with Crippen molar-refractivity contribution >= 4 is 5.91 Å². The Morgan fingerprint density at radius 3 is 2.78 bits per heavy atom. The normalized spacial score (nSPS) is 21.8. The topological polar surface area (TPSA) is 69.0 Å². The first-order valence-electron chi connectivity index (χ1n) is 9.61. The Morgan fingerprint density at radius 2 is 2.11 bits per heavy atom. The van der Waals surface area contributed by atoms with Crippen LogP contribution in [0.15, 0.2) is 30.6 Å². The number of nitrogens with zero attached hydrogens (tertiary/aromatic N) is 3. The van der Waals surface area contributed by atoms with Crippen LogP contribution < -0.4 is 5.32 Å². The maximum Gasteiger partial charge on any atom is 0.220 e. The molecule has 1 fully saturated rings. The highest BCUT2D eigenvalue weighted by Gasteiger charge is 2.44. The van der Waals surface area contributed by atoms with Gasteiger partial charge in [0.15, 0.2) is 0 Å². The molecule has 1 amide bonds. The van der Waals surface area contributed by atoms with E-state index in [-0.39, 0.29) is 16.9 Å². The molecule has 1 aliphatic heterocycles. The molecule has 146 valence electrons. The van der Waals surface area contributed by atoms with Crippen molar-refractivity contribution in [1.29, 1.82) is 0 Å². The third kappa shape index (κ3) is 4.56. The Bertz CT molecular complexity index is 799. The van der Waals surface area contributed by atoms with Gasteiger partial charge in [0.2, 0.25) is 5.91 Å². The van der Waals surface area contributed by atoms with Crippen molar-refractivity contribution in [2.75, 3.05) is 13.2 Å². The van der Waals surface area contributed by atoms with Crippen LogP contribution in [0, 0.1) is 6.92 Å². The minimum atomic E-state index is -0.237. The lowest BCUT2D eigenvalue weighted by atomic mass is 9.66. The van der Waals surface area contributed by atoms with Gasteiger partial charge >= 0.3 is 0 Å². The largest absolute Gasteiger partial charge is 0.376 e. The molecular weight excluding hydrogens is 340 g/mol. The quantitative estimate of drug-likeness (QED) is 0.849. The lowest BCUT2D eigenvalue weighted by molar-refractivity contribution is -0.126. The van der Waals surface area contributed by atoms with Gasteiger partial charge in [-0.1, -0.05) is 24.3 Å². The van der Waals surface area contributed by atoms with Crippen molar-refractivity contribution in [1.82, 2.24) is 20.1 Å². The third-order valence-electron chi connectivity index (χ3n) is 5.53. The number of carbonyl (C=O) groups excluding carboxylic acids is 1. The minimum absolute atomic E-state index is 0.0816. The molecule has 6 heteroatoms. The molecule has 0 spiro atoms. The fraction of sp³-hybridized carbons (Fsp3) is 0.571. The molecule has 27 heavy (non-hydrogen) atoms. The van der Waals surface area contributed by atoms with E-state index in [0.29, 0.717) is 26.0 Å². The van der Waals surface area contributed by atoms with Crippen LogP contribution in [-0.4, -0.2) is 39.4 Å². The van der Waals surface area contributed by atoms with E-state index < -0.39 is 0 Å². The number of hydrogen-bond donors (Lipinski definition) is 1. The van der Waals surface area contributed by atoms with Crippen LogP contribution in [0.25, 0.3) is 0 Å². The van der Waals surface area contributed by atoms with E-state index in [1.165, 1.54) is 11.1 Å². The number of benzene rings is 1. The van der Waals surface area contributed by atoms with Gasteiger partial charge in [-0.3, -0.25) is 4.79 Å². The van der Waals surface area contributed by atoms with Gasteiger partial charge < -0.3 is 14.6 Å². The van der Waals surface area contributed by atoms with Crippen LogP contribution in [-0.2, 0) is 28.4 Å². The molecule has 0 aliphatic carbocycles. The van der Waals surface area contributed by atoms with E-state index in [2.05, 4.69) is 60.6 Å². The van der Waals surface area contributed by atoms with Gasteiger partial charge in [-0.15, -0.1) is 10.2 Å². The average Bonchev–Trinajstić information content (AvgIpc) is 2.99. The van der Waals surface area contributed by atoms with E-state index in [1.807, 2.05) is 11.6 Å². The van der Waals surface area contributed by atoms with Crippen LogP contribution in [0.4, 0.5) is 0 Å². The first kappa shape index (κ1) is 19.5. The summed E-state index contributed by atoms with van der Waals surface area (Å²) in [6, 6.07) is 8.42. The summed E-state index contributed by atoms with van der Waals surface area (Å²) in [6.07, 6.45) is 4.52. The highest BCUT2D eigenvalue weighted by atomic mass is 16.5. The van der Waals surface area contributed by atoms with Crippen molar-refractivity contribution in [3.05, 3.63) is 47.5 Å². The molecule has 0 bridgehead atoms. The van der Waals surface area contributed by atoms with Gasteiger partial charge in [0, 0.05) is 38.5 Å². The molecule has 1 saturated heterocycles. The zero-order valence-electron chi connectivity index (χ0n) is 16.8. The van der Waals surface area contributed by atoms with Crippen molar-refractivity contribution in [3.8, 4) is 0 Å². The summed E-state index contributed by atoms with van der Waals surface area (Å²) in [5, 5.41) is 11.0. The summed E-state index contributed by atoms with van der Waals surface area (Å²) in [4.78, 5) is 12.8. The molecule has 1 N–H and O–H groups in total. The first-order chi connectivity index (χ1) is 12.8. The van der Waals surface area contributed by atoms with E-state index >= 15 is 0 Å². The van der Waals surface area contributed by atoms with Gasteiger partial charge in [0.1, 0.15) is 12.2 Å². The Labute approximate surface area is 161 Å². The molecule has 1 aromatic heterocycles. The Balaban J connectivity index is 1.73. The van der Waals surface area contributed by atoms with Crippen LogP contribution in [0.5, 0.6) is 0 Å². The summed E-state index contributed by atoms with van der Waals surface area (Å²) in [6.45, 7) is 7.60. The second kappa shape index (κ2) is 7.80. The van der Waals surface area contributed by atoms with Crippen LogP contribution in [0.3, 0.4) is 0 Å². The molecular formula is C21H30N4O2. The second-order valence-corrected chi connectivity index (χ2v) is 8.26. The van der Waals surface area contributed by atoms with Crippen molar-refractivity contribution < 1.29 is 9.53 Å². The third-order valence-corrected chi connectivity index (χ3v) is 5.53. The fourth-order valence-electron chi connectivity index (χ4n) is 4.34. The molecule has 6 nitrogen and oxygen atoms in total. The predicted octanol–water partition coefficient (Wildman–Crippen LogP) is 2.70. The molecule has 0 unspecified atom stereocenters. The minimum Gasteiger partial charge on any atom is -0.376 e. The molecule has 3 rings (SSSR count). The van der Waals surface area contributed by atoms with E-state index in [1.54, 1.807) is 6.33 Å². The number of hydrogen-bond acceptors (Lipinski definition) is 4. The van der Waals surface area contributed by atoms with Crippen LogP contribution >= 0.6 is 0 Å². The Kier molecular flexibility index (Phi) is 5.65. The fourth-order valence-corrected chi connectivity index (χ4v) is 4.34. The lowest BCUT2D eigenvalue weighted by Gasteiger charge is -2.45. The molecule has 2 aromatic rings. The smallest absolute Gasteiger partial charge is 0.220 e. The molecule has 1 aliphatic rings. The standard InChI is InChI=1S/C21H30N4O2/c1-16-7-5-6-8-17(16)21(10-12-27-20(2,3)14-21)13-19(26)22-11-9-18-24-23-15-25(18)4/h5-8,15H,9-14H2,1-4H3,(H,22,26)/t21-/m0/s1. The highest BCUT2D eigenvalue weighted by Crippen LogP contribution is 2.45. The number of aromatic nitrogens is 3. The van der Waals surface area contributed by atoms with Crippen molar-refractivity contribution in [2.24, 2.45) is 7.05 Å². The first-order valence-corrected chi connectivity index (χ1v) is 9.61. The number of amides is 1. The van der Waals surface area contributed by atoms with E-state index in [9.17, 15) is 4.79 Å². The summed E-state index contributed by atoms with van der Waals surface area (Å²) in [5.41, 5.74) is 2.08. The molecule has 1 atom stereocenters. The Morgan fingerprint density at radius 1 is 1.33 bits per heavy atom. The van der Waals surface area contributed by atoms with Crippen molar-refractivity contribution in [3.63, 3.8) is 0 Å². The number of ether oxygens (including phenoxy) is 1. The molecule has 0 radical (unpaired) electrons. The Hall–Kier alpha value is -2.21. The number of rotatable bonds is 6. The lowest BCUT2D eigenvalue weighted by Crippen LogP contribution is -2.47. The highest BCUT2D eigenvalue weighted by molar-refractivity contribution is 5.77. The maximum absolute atomic E-state index is 12.8. The summed E-state index contributed by atoms with van der Waals surface area (Å²) >= 11 is 0. The molecule has 0 saturated carbocycles. The van der Waals surface area contributed by atoms with Gasteiger partial charge in [-0.05, 0) is 44.7 Å². The second-order valence-electron chi connectivity index (χ2n) is 8.26.